The number of carbonyl (C=O) groups is 2. The first-order valence-corrected chi connectivity index (χ1v) is 15.4. The van der Waals surface area contributed by atoms with E-state index in [0.29, 0.717) is 5.69 Å². The van der Waals surface area contributed by atoms with Crippen LogP contribution in [0.3, 0.4) is 0 Å². The predicted octanol–water partition coefficient (Wildman–Crippen LogP) is 5.42. The topological polar surface area (TPSA) is 86.8 Å². The normalized spacial score (nSPS) is 14.5. The minimum atomic E-state index is -4.17. The zero-order chi connectivity index (χ0) is 29.7. The Bertz CT molecular complexity index is 1480. The number of nitrogens with zero attached hydrogens (tertiary/aromatic N) is 2. The fourth-order valence-corrected chi connectivity index (χ4v) is 6.64. The third-order valence-corrected chi connectivity index (χ3v) is 9.34. The second kappa shape index (κ2) is 12.9. The monoisotopic (exact) mass is 579 g/mol. The van der Waals surface area contributed by atoms with Gasteiger partial charge in [-0.15, -0.1) is 0 Å². The second-order valence-corrected chi connectivity index (χ2v) is 12.8. The lowest BCUT2D eigenvalue weighted by molar-refractivity contribution is -0.139. The molecule has 0 radical (unpaired) electrons. The molecule has 0 aromatic heterocycles. The first kappa shape index (κ1) is 30.2. The third-order valence-electron chi connectivity index (χ3n) is 7.55. The average molecular weight is 580 g/mol. The molecule has 1 unspecified atom stereocenters. The molecule has 9 heteroatoms. The highest BCUT2D eigenvalue weighted by molar-refractivity contribution is 7.92. The zero-order valence-corrected chi connectivity index (χ0v) is 24.9. The molecule has 1 fully saturated rings. The van der Waals surface area contributed by atoms with Gasteiger partial charge in [0.1, 0.15) is 18.4 Å². The maximum Gasteiger partial charge on any atom is 0.264 e. The summed E-state index contributed by atoms with van der Waals surface area (Å²) in [6, 6.07) is 16.9. The van der Waals surface area contributed by atoms with Gasteiger partial charge in [-0.25, -0.2) is 12.8 Å². The van der Waals surface area contributed by atoms with Gasteiger partial charge in [0.25, 0.3) is 10.0 Å². The van der Waals surface area contributed by atoms with Crippen LogP contribution in [0.2, 0.25) is 0 Å². The van der Waals surface area contributed by atoms with Crippen molar-refractivity contribution in [2.45, 2.75) is 76.9 Å². The molecule has 7 nitrogen and oxygen atoms in total. The number of aryl methyl sites for hydroxylation is 3. The maximum atomic E-state index is 14.7. The van der Waals surface area contributed by atoms with Crippen LogP contribution < -0.4 is 9.62 Å². The van der Waals surface area contributed by atoms with Gasteiger partial charge in [0.2, 0.25) is 11.8 Å². The number of halogens is 1. The van der Waals surface area contributed by atoms with E-state index in [2.05, 4.69) is 5.32 Å². The number of sulfonamides is 1. The smallest absolute Gasteiger partial charge is 0.264 e. The largest absolute Gasteiger partial charge is 0.352 e. The number of hydrogen-bond donors (Lipinski definition) is 1. The number of benzene rings is 3. The third kappa shape index (κ3) is 7.33. The summed E-state index contributed by atoms with van der Waals surface area (Å²) >= 11 is 0. The lowest BCUT2D eigenvalue weighted by atomic mass is 10.1. The van der Waals surface area contributed by atoms with Crippen molar-refractivity contribution in [3.63, 3.8) is 0 Å². The molecule has 218 valence electrons. The molecule has 0 heterocycles. The first-order chi connectivity index (χ1) is 19.5. The summed E-state index contributed by atoms with van der Waals surface area (Å²) in [5.41, 5.74) is 3.15. The van der Waals surface area contributed by atoms with Crippen LogP contribution in [-0.4, -0.2) is 43.8 Å². The molecule has 0 saturated heterocycles. The van der Waals surface area contributed by atoms with Gasteiger partial charge < -0.3 is 10.2 Å². The molecular weight excluding hydrogens is 541 g/mol. The van der Waals surface area contributed by atoms with E-state index in [9.17, 15) is 22.4 Å². The minimum absolute atomic E-state index is 0.0315. The molecule has 1 aliphatic carbocycles. The van der Waals surface area contributed by atoms with Gasteiger partial charge in [-0.05, 0) is 82.0 Å². The highest BCUT2D eigenvalue weighted by Crippen LogP contribution is 2.27. The van der Waals surface area contributed by atoms with Crippen molar-refractivity contribution in [3.05, 3.63) is 94.8 Å². The molecule has 3 aromatic rings. The number of amides is 2. The summed E-state index contributed by atoms with van der Waals surface area (Å²) in [6.07, 6.45) is 3.79. The summed E-state index contributed by atoms with van der Waals surface area (Å²) in [4.78, 5) is 28.6. The highest BCUT2D eigenvalue weighted by Gasteiger charge is 2.33. The van der Waals surface area contributed by atoms with Gasteiger partial charge in [-0.2, -0.15) is 0 Å². The maximum absolute atomic E-state index is 14.7. The van der Waals surface area contributed by atoms with E-state index in [0.717, 1.165) is 46.7 Å². The number of rotatable bonds is 10. The fraction of sp³-hybridized carbons (Fsp3) is 0.375. The van der Waals surface area contributed by atoms with Gasteiger partial charge in [-0.3, -0.25) is 13.9 Å². The standard InChI is InChI=1S/C32H38FN3O4S/c1-22-13-15-29(16-14-22)41(39,40)36(28-18-23(2)17-24(3)19-28)21-31(37)35(20-26-9-5-8-12-30(26)33)25(4)32(38)34-27-10-6-7-11-27/h5,8-9,12-19,25,27H,6-7,10-11,20-21H2,1-4H3,(H,34,38). The Labute approximate surface area is 242 Å². The van der Waals surface area contributed by atoms with E-state index >= 15 is 0 Å². The summed E-state index contributed by atoms with van der Waals surface area (Å²) in [5.74, 6) is -1.47. The van der Waals surface area contributed by atoms with E-state index in [1.807, 2.05) is 26.8 Å². The van der Waals surface area contributed by atoms with Crippen LogP contribution in [0.25, 0.3) is 0 Å². The molecule has 3 aromatic carbocycles. The number of nitrogens with one attached hydrogen (secondary N) is 1. The van der Waals surface area contributed by atoms with Crippen molar-refractivity contribution in [2.24, 2.45) is 0 Å². The SMILES string of the molecule is Cc1ccc(S(=O)(=O)N(CC(=O)N(Cc2ccccc2F)C(C)C(=O)NC2CCCC2)c2cc(C)cc(C)c2)cc1. The molecule has 1 atom stereocenters. The Balaban J connectivity index is 1.72. The average Bonchev–Trinajstić information content (AvgIpc) is 3.43. The second-order valence-electron chi connectivity index (χ2n) is 10.9. The van der Waals surface area contributed by atoms with Gasteiger partial charge >= 0.3 is 0 Å². The van der Waals surface area contributed by atoms with Crippen molar-refractivity contribution in [1.29, 1.82) is 0 Å². The predicted molar refractivity (Wildman–Crippen MR) is 158 cm³/mol. The van der Waals surface area contributed by atoms with Crippen LogP contribution in [-0.2, 0) is 26.2 Å². The number of anilines is 1. The fourth-order valence-electron chi connectivity index (χ4n) is 5.25. The summed E-state index contributed by atoms with van der Waals surface area (Å²) in [6.45, 7) is 6.42. The van der Waals surface area contributed by atoms with E-state index < -0.39 is 34.3 Å². The Morgan fingerprint density at radius 2 is 1.54 bits per heavy atom. The summed E-state index contributed by atoms with van der Waals surface area (Å²) in [5, 5.41) is 3.02. The molecule has 0 bridgehead atoms. The Hall–Kier alpha value is -3.72. The molecule has 0 spiro atoms. The Morgan fingerprint density at radius 3 is 2.15 bits per heavy atom. The molecular formula is C32H38FN3O4S. The molecule has 0 aliphatic heterocycles. The lowest BCUT2D eigenvalue weighted by Crippen LogP contribution is -2.52. The molecule has 1 N–H and O–H groups in total. The van der Waals surface area contributed by atoms with Crippen molar-refractivity contribution in [1.82, 2.24) is 10.2 Å². The lowest BCUT2D eigenvalue weighted by Gasteiger charge is -2.32. The van der Waals surface area contributed by atoms with Crippen LogP contribution in [0, 0.1) is 26.6 Å². The quantitative estimate of drug-likeness (QED) is 0.348. The van der Waals surface area contributed by atoms with Crippen molar-refractivity contribution < 1.29 is 22.4 Å². The molecule has 2 amide bonds. The highest BCUT2D eigenvalue weighted by atomic mass is 32.2. The van der Waals surface area contributed by atoms with Gasteiger partial charge in [0.05, 0.1) is 10.6 Å². The Morgan fingerprint density at radius 1 is 0.927 bits per heavy atom. The summed E-state index contributed by atoms with van der Waals surface area (Å²) in [7, 11) is -4.17. The van der Waals surface area contributed by atoms with Crippen LogP contribution in [0.4, 0.5) is 10.1 Å². The first-order valence-electron chi connectivity index (χ1n) is 14.0. The van der Waals surface area contributed by atoms with Crippen LogP contribution in [0.15, 0.2) is 71.6 Å². The Kier molecular flexibility index (Phi) is 9.48. The van der Waals surface area contributed by atoms with Crippen LogP contribution in [0.5, 0.6) is 0 Å². The van der Waals surface area contributed by atoms with Crippen molar-refractivity contribution >= 4 is 27.5 Å². The number of carbonyl (C=O) groups excluding carboxylic acids is 2. The summed E-state index contributed by atoms with van der Waals surface area (Å²) < 4.78 is 43.8. The van der Waals surface area contributed by atoms with E-state index in [4.69, 9.17) is 0 Å². The van der Waals surface area contributed by atoms with Gasteiger partial charge in [-0.1, -0.05) is 54.8 Å². The van der Waals surface area contributed by atoms with E-state index in [1.54, 1.807) is 49.4 Å². The van der Waals surface area contributed by atoms with E-state index in [1.165, 1.54) is 23.1 Å². The molecule has 1 aliphatic rings. The van der Waals surface area contributed by atoms with Gasteiger partial charge in [0.15, 0.2) is 0 Å². The van der Waals surface area contributed by atoms with E-state index in [-0.39, 0.29) is 29.0 Å². The van der Waals surface area contributed by atoms with Crippen LogP contribution >= 0.6 is 0 Å². The van der Waals surface area contributed by atoms with Crippen molar-refractivity contribution in [3.8, 4) is 0 Å². The molecule has 4 rings (SSSR count). The zero-order valence-electron chi connectivity index (χ0n) is 24.1. The minimum Gasteiger partial charge on any atom is -0.352 e. The van der Waals surface area contributed by atoms with Gasteiger partial charge in [0, 0.05) is 18.2 Å². The number of hydrogen-bond acceptors (Lipinski definition) is 4. The van der Waals surface area contributed by atoms with Crippen LogP contribution in [0.1, 0.15) is 54.9 Å². The van der Waals surface area contributed by atoms with Crippen molar-refractivity contribution in [2.75, 3.05) is 10.8 Å². The molecule has 1 saturated carbocycles. The molecule has 41 heavy (non-hydrogen) atoms.